The molecule has 0 aliphatic carbocycles. The van der Waals surface area contributed by atoms with Gasteiger partial charge in [0.2, 0.25) is 0 Å². The second-order valence-corrected chi connectivity index (χ2v) is 7.72. The zero-order valence-electron chi connectivity index (χ0n) is 15.6. The summed E-state index contributed by atoms with van der Waals surface area (Å²) in [5.74, 6) is 0.318. The predicted octanol–water partition coefficient (Wildman–Crippen LogP) is 3.65. The number of aromatic hydroxyl groups is 1. The normalized spacial score (nSPS) is 23.0. The molecule has 2 heterocycles. The van der Waals surface area contributed by atoms with Crippen LogP contribution >= 0.6 is 0 Å². The smallest absolute Gasteiger partial charge is 0.124 e. The van der Waals surface area contributed by atoms with Gasteiger partial charge >= 0.3 is 0 Å². The molecule has 0 amide bonds. The molecular weight excluding hydrogens is 322 g/mol. The van der Waals surface area contributed by atoms with Crippen molar-refractivity contribution in [1.29, 1.82) is 0 Å². The standard InChI is InChI=1S/C22H27N3O/c1-16-7-9-17(10-8-16)19-15-20(18-5-3-4-6-21(18)26)24-22(23-19)11-13-25(2)14-12-22/h3-10,19,23,26H,11-15H2,1-2H3/t19-/m0/s1. The summed E-state index contributed by atoms with van der Waals surface area (Å²) in [6, 6.07) is 16.5. The monoisotopic (exact) mass is 349 g/mol. The molecule has 1 saturated heterocycles. The summed E-state index contributed by atoms with van der Waals surface area (Å²) in [5.41, 5.74) is 4.20. The molecule has 2 aromatic carbocycles. The van der Waals surface area contributed by atoms with Crippen LogP contribution in [0.2, 0.25) is 0 Å². The second-order valence-electron chi connectivity index (χ2n) is 7.72. The summed E-state index contributed by atoms with van der Waals surface area (Å²) in [4.78, 5) is 7.51. The Morgan fingerprint density at radius 3 is 2.46 bits per heavy atom. The van der Waals surface area contributed by atoms with Crippen LogP contribution in [0.4, 0.5) is 0 Å². The number of nitrogens with one attached hydrogen (secondary N) is 1. The Morgan fingerprint density at radius 2 is 1.77 bits per heavy atom. The molecule has 2 aliphatic heterocycles. The van der Waals surface area contributed by atoms with Crippen LogP contribution in [0.3, 0.4) is 0 Å². The van der Waals surface area contributed by atoms with Crippen LogP contribution in [0.5, 0.6) is 5.75 Å². The van der Waals surface area contributed by atoms with Crippen molar-refractivity contribution in [2.75, 3.05) is 20.1 Å². The van der Waals surface area contributed by atoms with Crippen molar-refractivity contribution < 1.29 is 5.11 Å². The van der Waals surface area contributed by atoms with Crippen LogP contribution in [0, 0.1) is 6.92 Å². The van der Waals surface area contributed by atoms with E-state index in [0.717, 1.165) is 43.6 Å². The zero-order chi connectivity index (χ0) is 18.1. The lowest BCUT2D eigenvalue weighted by atomic mass is 9.87. The van der Waals surface area contributed by atoms with Crippen molar-refractivity contribution in [3.63, 3.8) is 0 Å². The highest BCUT2D eigenvalue weighted by Crippen LogP contribution is 2.36. The minimum absolute atomic E-state index is 0.214. The number of aliphatic imine (C=N–C) groups is 1. The highest BCUT2D eigenvalue weighted by atomic mass is 16.3. The number of benzene rings is 2. The molecule has 4 heteroatoms. The fourth-order valence-corrected chi connectivity index (χ4v) is 4.04. The number of likely N-dealkylation sites (tertiary alicyclic amines) is 1. The lowest BCUT2D eigenvalue weighted by Gasteiger charge is -2.44. The average Bonchev–Trinajstić information content (AvgIpc) is 2.65. The van der Waals surface area contributed by atoms with E-state index in [1.807, 2.05) is 18.2 Å². The molecule has 4 rings (SSSR count). The van der Waals surface area contributed by atoms with Crippen LogP contribution in [0.1, 0.15) is 42.0 Å². The third-order valence-electron chi connectivity index (χ3n) is 5.70. The van der Waals surface area contributed by atoms with Crippen LogP contribution in [0.15, 0.2) is 53.5 Å². The van der Waals surface area contributed by atoms with E-state index in [1.165, 1.54) is 11.1 Å². The largest absolute Gasteiger partial charge is 0.507 e. The van der Waals surface area contributed by atoms with Crippen LogP contribution < -0.4 is 5.32 Å². The lowest BCUT2D eigenvalue weighted by molar-refractivity contribution is 0.144. The molecule has 0 bridgehead atoms. The summed E-state index contributed by atoms with van der Waals surface area (Å²) >= 11 is 0. The maximum absolute atomic E-state index is 10.4. The molecule has 0 saturated carbocycles. The first-order valence-electron chi connectivity index (χ1n) is 9.45. The number of hydrogen-bond acceptors (Lipinski definition) is 4. The van der Waals surface area contributed by atoms with Crippen molar-refractivity contribution >= 4 is 5.71 Å². The van der Waals surface area contributed by atoms with Gasteiger partial charge in [0.25, 0.3) is 0 Å². The first kappa shape index (κ1) is 17.3. The van der Waals surface area contributed by atoms with Gasteiger partial charge in [-0.1, -0.05) is 42.0 Å². The van der Waals surface area contributed by atoms with Crippen molar-refractivity contribution in [3.05, 3.63) is 65.2 Å². The third kappa shape index (κ3) is 3.39. The molecule has 0 radical (unpaired) electrons. The lowest BCUT2D eigenvalue weighted by Crippen LogP contribution is -2.55. The molecule has 0 unspecified atom stereocenters. The van der Waals surface area contributed by atoms with Crippen molar-refractivity contribution in [3.8, 4) is 5.75 Å². The summed E-state index contributed by atoms with van der Waals surface area (Å²) < 4.78 is 0. The van der Waals surface area contributed by atoms with Gasteiger partial charge in [-0.25, -0.2) is 0 Å². The quantitative estimate of drug-likeness (QED) is 0.870. The maximum Gasteiger partial charge on any atom is 0.124 e. The Hall–Kier alpha value is -2.17. The molecule has 2 aromatic rings. The van der Waals surface area contributed by atoms with E-state index < -0.39 is 0 Å². The molecule has 4 nitrogen and oxygen atoms in total. The summed E-state index contributed by atoms with van der Waals surface area (Å²) in [7, 11) is 2.17. The van der Waals surface area contributed by atoms with Gasteiger partial charge in [-0.3, -0.25) is 10.3 Å². The van der Waals surface area contributed by atoms with Gasteiger partial charge in [0.15, 0.2) is 0 Å². The van der Waals surface area contributed by atoms with E-state index in [4.69, 9.17) is 4.99 Å². The number of hydrogen-bond donors (Lipinski definition) is 2. The van der Waals surface area contributed by atoms with Crippen LogP contribution in [-0.2, 0) is 0 Å². The van der Waals surface area contributed by atoms with Gasteiger partial charge in [0, 0.05) is 36.8 Å². The Morgan fingerprint density at radius 1 is 1.08 bits per heavy atom. The summed E-state index contributed by atoms with van der Waals surface area (Å²) in [6.07, 6.45) is 2.77. The van der Waals surface area contributed by atoms with Crippen LogP contribution in [-0.4, -0.2) is 41.5 Å². The summed E-state index contributed by atoms with van der Waals surface area (Å²) in [6.45, 7) is 4.18. The van der Waals surface area contributed by atoms with E-state index in [0.29, 0.717) is 5.75 Å². The number of nitrogens with zero attached hydrogens (tertiary/aromatic N) is 2. The van der Waals surface area contributed by atoms with Crippen molar-refractivity contribution in [2.45, 2.75) is 37.9 Å². The van der Waals surface area contributed by atoms with Gasteiger partial charge < -0.3 is 10.0 Å². The molecule has 26 heavy (non-hydrogen) atoms. The van der Waals surface area contributed by atoms with E-state index >= 15 is 0 Å². The van der Waals surface area contributed by atoms with E-state index in [2.05, 4.69) is 48.5 Å². The Labute approximate surface area is 155 Å². The molecular formula is C22H27N3O. The molecule has 1 spiro atoms. The van der Waals surface area contributed by atoms with Gasteiger partial charge in [0.1, 0.15) is 11.4 Å². The Bertz CT molecular complexity index is 804. The highest BCUT2D eigenvalue weighted by Gasteiger charge is 2.39. The van der Waals surface area contributed by atoms with E-state index in [9.17, 15) is 5.11 Å². The molecule has 1 fully saturated rings. The van der Waals surface area contributed by atoms with E-state index in [-0.39, 0.29) is 11.7 Å². The van der Waals surface area contributed by atoms with Gasteiger partial charge in [-0.05, 0) is 44.5 Å². The first-order valence-corrected chi connectivity index (χ1v) is 9.45. The van der Waals surface area contributed by atoms with Gasteiger partial charge in [-0.2, -0.15) is 0 Å². The number of phenols is 1. The molecule has 136 valence electrons. The summed E-state index contributed by atoms with van der Waals surface area (Å²) in [5, 5.41) is 14.2. The number of rotatable bonds is 2. The number of piperidine rings is 1. The van der Waals surface area contributed by atoms with Crippen molar-refractivity contribution in [1.82, 2.24) is 10.2 Å². The fraction of sp³-hybridized carbons (Fsp3) is 0.409. The topological polar surface area (TPSA) is 47.9 Å². The number of phenolic OH excluding ortho intramolecular Hbond substituents is 1. The first-order chi connectivity index (χ1) is 12.5. The van der Waals surface area contributed by atoms with E-state index in [1.54, 1.807) is 6.07 Å². The minimum Gasteiger partial charge on any atom is -0.507 e. The molecule has 0 aromatic heterocycles. The van der Waals surface area contributed by atoms with Gasteiger partial charge in [0.05, 0.1) is 0 Å². The second kappa shape index (κ2) is 6.86. The SMILES string of the molecule is Cc1ccc([C@@H]2CC(c3ccccc3O)=NC3(CCN(C)CC3)N2)cc1. The Kier molecular flexibility index (Phi) is 4.55. The fourth-order valence-electron chi connectivity index (χ4n) is 4.04. The minimum atomic E-state index is -0.238. The highest BCUT2D eigenvalue weighted by molar-refractivity contribution is 6.03. The number of aryl methyl sites for hydroxylation is 1. The van der Waals surface area contributed by atoms with Crippen molar-refractivity contribution in [2.24, 2.45) is 4.99 Å². The third-order valence-corrected chi connectivity index (χ3v) is 5.70. The van der Waals surface area contributed by atoms with Gasteiger partial charge in [-0.15, -0.1) is 0 Å². The molecule has 1 atom stereocenters. The van der Waals surface area contributed by atoms with Crippen LogP contribution in [0.25, 0.3) is 0 Å². The number of para-hydroxylation sites is 1. The molecule has 2 aliphatic rings. The predicted molar refractivity (Wildman–Crippen MR) is 106 cm³/mol. The average molecular weight is 349 g/mol. The zero-order valence-corrected chi connectivity index (χ0v) is 15.6. The Balaban J connectivity index is 1.73. The maximum atomic E-state index is 10.4. The molecule has 2 N–H and O–H groups in total.